The van der Waals surface area contributed by atoms with E-state index in [0.717, 1.165) is 68.5 Å². The summed E-state index contributed by atoms with van der Waals surface area (Å²) >= 11 is 0. The molecule has 0 aliphatic carbocycles. The van der Waals surface area contributed by atoms with Gasteiger partial charge in [0.15, 0.2) is 0 Å². The molecule has 47 heavy (non-hydrogen) atoms. The van der Waals surface area contributed by atoms with Crippen LogP contribution in [0.2, 0.25) is 0 Å². The second-order valence-electron chi connectivity index (χ2n) is 11.1. The average Bonchev–Trinajstić information content (AvgIpc) is 3.51. The molecule has 0 atom stereocenters. The van der Waals surface area contributed by atoms with Gasteiger partial charge in [0.25, 0.3) is 0 Å². The normalized spacial score (nSPS) is 10.7. The summed E-state index contributed by atoms with van der Waals surface area (Å²) in [6.45, 7) is 2.12. The molecule has 4 aromatic heterocycles. The maximum Gasteiger partial charge on any atom is 0.216 e. The van der Waals surface area contributed by atoms with Gasteiger partial charge in [0.05, 0.1) is 5.58 Å². The summed E-state index contributed by atoms with van der Waals surface area (Å²) in [6.07, 6.45) is 5.55. The first-order chi connectivity index (χ1) is 22.7. The van der Waals surface area contributed by atoms with Gasteiger partial charge in [-0.1, -0.05) is 89.8 Å². The summed E-state index contributed by atoms with van der Waals surface area (Å²) in [5.41, 5.74) is 11.0. The maximum absolute atomic E-state index is 6.30. The predicted molar refractivity (Wildman–Crippen MR) is 186 cm³/mol. The fourth-order valence-corrected chi connectivity index (χ4v) is 5.59. The topological polar surface area (TPSA) is 51.8 Å². The Hall–Kier alpha value is -5.22. The van der Waals surface area contributed by atoms with E-state index < -0.39 is 0 Å². The van der Waals surface area contributed by atoms with Crippen molar-refractivity contribution in [1.29, 1.82) is 0 Å². The Balaban J connectivity index is 0.000000250. The van der Waals surface area contributed by atoms with Gasteiger partial charge in [-0.25, -0.2) is 4.98 Å². The van der Waals surface area contributed by atoms with Crippen molar-refractivity contribution in [2.45, 2.75) is 19.8 Å². The van der Waals surface area contributed by atoms with Crippen molar-refractivity contribution in [3.05, 3.63) is 175 Å². The Bertz CT molecular complexity index is 2160. The number of rotatable bonds is 6. The third-order valence-electron chi connectivity index (χ3n) is 7.97. The molecule has 8 aromatic rings. The molecule has 1 radical (unpaired) electrons. The first-order valence-electron chi connectivity index (χ1n) is 15.4. The molecule has 0 unspecified atom stereocenters. The molecule has 5 heteroatoms. The molecule has 231 valence electrons. The van der Waals surface area contributed by atoms with E-state index in [4.69, 9.17) is 14.4 Å². The number of fused-ring (bicyclic) bond motifs is 3. The van der Waals surface area contributed by atoms with E-state index in [9.17, 15) is 0 Å². The number of hydrogen-bond donors (Lipinski definition) is 0. The molecule has 0 bridgehead atoms. The molecule has 8 rings (SSSR count). The second kappa shape index (κ2) is 14.9. The smallest absolute Gasteiger partial charge is 0.216 e. The van der Waals surface area contributed by atoms with E-state index in [1.54, 1.807) is 6.20 Å². The molecule has 0 aliphatic heterocycles. The minimum Gasteiger partial charge on any atom is -0.486 e. The van der Waals surface area contributed by atoms with Gasteiger partial charge in [-0.2, -0.15) is 0 Å². The predicted octanol–water partition coefficient (Wildman–Crippen LogP) is 10.2. The van der Waals surface area contributed by atoms with E-state index in [1.165, 1.54) is 11.1 Å². The summed E-state index contributed by atoms with van der Waals surface area (Å²) in [7, 11) is 0. The van der Waals surface area contributed by atoms with E-state index in [1.807, 2.05) is 85.1 Å². The first-order valence-corrected chi connectivity index (χ1v) is 15.4. The molecule has 0 aliphatic rings. The monoisotopic (exact) mass is 786 g/mol. The number of furan rings is 1. The van der Waals surface area contributed by atoms with Gasteiger partial charge in [-0.05, 0) is 66.0 Å². The van der Waals surface area contributed by atoms with Gasteiger partial charge < -0.3 is 14.4 Å². The Morgan fingerprint density at radius 3 is 2.19 bits per heavy atom. The van der Waals surface area contributed by atoms with E-state index >= 15 is 0 Å². The molecule has 4 nitrogen and oxygen atoms in total. The standard InChI is InChI=1S/C31H23N2O.C11H8N.Ir/c1-21-19-29(32-20-28(21)23-11-6-3-7-12-23)27-14-8-13-25-26-18-17-24(33-31(26)34-30(25)27)16-15-22-9-4-2-5-10-22;1-2-6-10(7-3-1)11-8-4-5-9-12-11;/h2-13,17-20H,15-16H2,1H3;1-6,8-9H;/q2*-1;. The minimum absolute atomic E-state index is 0. The number of aryl methyl sites for hydroxylation is 3. The van der Waals surface area contributed by atoms with Gasteiger partial charge in [0.1, 0.15) is 0 Å². The number of benzene rings is 4. The van der Waals surface area contributed by atoms with Crippen LogP contribution < -0.4 is 0 Å². The van der Waals surface area contributed by atoms with Gasteiger partial charge in [-0.15, -0.1) is 54.1 Å². The second-order valence-corrected chi connectivity index (χ2v) is 11.1. The molecule has 0 spiro atoms. The fourth-order valence-electron chi connectivity index (χ4n) is 5.59. The summed E-state index contributed by atoms with van der Waals surface area (Å²) in [5, 5.41) is 2.06. The summed E-state index contributed by atoms with van der Waals surface area (Å²) in [6, 6.07) is 51.3. The Labute approximate surface area is 288 Å². The molecule has 0 saturated heterocycles. The van der Waals surface area contributed by atoms with Crippen LogP contribution in [0.4, 0.5) is 0 Å². The number of aromatic nitrogens is 3. The summed E-state index contributed by atoms with van der Waals surface area (Å²) in [4.78, 5) is 13.8. The van der Waals surface area contributed by atoms with Gasteiger partial charge in [-0.3, -0.25) is 0 Å². The fraction of sp³-hybridized carbons (Fsp3) is 0.0714. The Morgan fingerprint density at radius 2 is 1.45 bits per heavy atom. The van der Waals surface area contributed by atoms with Crippen molar-refractivity contribution in [2.75, 3.05) is 0 Å². The Kier molecular flexibility index (Phi) is 10.1. The minimum atomic E-state index is 0. The van der Waals surface area contributed by atoms with Crippen LogP contribution in [0.5, 0.6) is 0 Å². The van der Waals surface area contributed by atoms with Crippen molar-refractivity contribution in [3.8, 4) is 33.6 Å². The maximum atomic E-state index is 6.30. The van der Waals surface area contributed by atoms with Crippen LogP contribution >= 0.6 is 0 Å². The van der Waals surface area contributed by atoms with Crippen molar-refractivity contribution < 1.29 is 24.5 Å². The van der Waals surface area contributed by atoms with Crippen LogP contribution in [-0.4, -0.2) is 15.0 Å². The number of pyridine rings is 3. The van der Waals surface area contributed by atoms with Crippen LogP contribution in [0.3, 0.4) is 0 Å². The van der Waals surface area contributed by atoms with Gasteiger partial charge >= 0.3 is 0 Å². The summed E-state index contributed by atoms with van der Waals surface area (Å²) in [5.74, 6) is 0. The van der Waals surface area contributed by atoms with Gasteiger partial charge in [0, 0.05) is 49.1 Å². The molecule has 0 amide bonds. The first kappa shape index (κ1) is 31.7. The number of nitrogens with zero attached hydrogens (tertiary/aromatic N) is 3. The molecule has 0 saturated carbocycles. The average molecular weight is 786 g/mol. The van der Waals surface area contributed by atoms with Crippen molar-refractivity contribution in [2.24, 2.45) is 0 Å². The third-order valence-corrected chi connectivity index (χ3v) is 7.97. The van der Waals surface area contributed by atoms with Gasteiger partial charge in [0.2, 0.25) is 5.71 Å². The Morgan fingerprint density at radius 1 is 0.660 bits per heavy atom. The van der Waals surface area contributed by atoms with Crippen molar-refractivity contribution in [1.82, 2.24) is 15.0 Å². The van der Waals surface area contributed by atoms with Crippen molar-refractivity contribution in [3.63, 3.8) is 0 Å². The molecule has 0 fully saturated rings. The zero-order valence-electron chi connectivity index (χ0n) is 25.9. The quantitative estimate of drug-likeness (QED) is 0.158. The molecular weight excluding hydrogens is 755 g/mol. The SMILES string of the molecule is Cc1cc(-c2[c-]ccc3c2oc2nc(CCc4ccccc4)ccc23)ncc1-c1ccccc1.[Ir].[c-]1ccccc1-c1ccccn1. The summed E-state index contributed by atoms with van der Waals surface area (Å²) < 4.78 is 6.30. The molecule has 4 aromatic carbocycles. The van der Waals surface area contributed by atoms with Crippen LogP contribution in [0, 0.1) is 19.1 Å². The zero-order valence-corrected chi connectivity index (χ0v) is 28.2. The third kappa shape index (κ3) is 7.28. The largest absolute Gasteiger partial charge is 0.486 e. The van der Waals surface area contributed by atoms with Crippen molar-refractivity contribution >= 4 is 22.1 Å². The molecule has 0 N–H and O–H groups in total. The van der Waals surface area contributed by atoms with Crippen LogP contribution in [-0.2, 0) is 32.9 Å². The molecular formula is C42H31IrN3O-2. The van der Waals surface area contributed by atoms with E-state index in [-0.39, 0.29) is 20.1 Å². The van der Waals surface area contributed by atoms with E-state index in [0.29, 0.717) is 5.71 Å². The molecule has 4 heterocycles. The number of hydrogen-bond acceptors (Lipinski definition) is 4. The van der Waals surface area contributed by atoms with Crippen LogP contribution in [0.15, 0.2) is 150 Å². The van der Waals surface area contributed by atoms with Crippen LogP contribution in [0.1, 0.15) is 16.8 Å². The van der Waals surface area contributed by atoms with E-state index in [2.05, 4.69) is 78.6 Å². The zero-order chi connectivity index (χ0) is 31.1. The van der Waals surface area contributed by atoms with Crippen LogP contribution in [0.25, 0.3) is 55.7 Å².